The van der Waals surface area contributed by atoms with Crippen molar-refractivity contribution in [3.05, 3.63) is 105 Å². The zero-order valence-corrected chi connectivity index (χ0v) is 30.7. The number of ether oxygens (including phenoxy) is 1. The number of benzene rings is 1. The van der Waals surface area contributed by atoms with Gasteiger partial charge < -0.3 is 19.9 Å². The summed E-state index contributed by atoms with van der Waals surface area (Å²) in [5.41, 5.74) is 1.33. The molecular weight excluding hydrogens is 729 g/mol. The highest BCUT2D eigenvalue weighted by Crippen LogP contribution is 2.36. The molecule has 5 rings (SSSR count). The molecule has 0 radical (unpaired) electrons. The molecule has 1 aromatic carbocycles. The zero-order chi connectivity index (χ0) is 36.8. The third-order valence-corrected chi connectivity index (χ3v) is 9.71. The van der Waals surface area contributed by atoms with Crippen LogP contribution in [0.4, 0.5) is 18.0 Å². The molecule has 2 aromatic heterocycles. The zero-order valence-electron chi connectivity index (χ0n) is 29.1. The number of esters is 1. The Labute approximate surface area is 305 Å². The number of nitrogens with one attached hydrogen (secondary N) is 1. The van der Waals surface area contributed by atoms with Gasteiger partial charge in [0.25, 0.3) is 0 Å². The Hall–Kier alpha value is -4.04. The van der Waals surface area contributed by atoms with Crippen molar-refractivity contribution >= 4 is 27.9 Å². The molecular formula is C37H46BrF3N6O4. The molecule has 2 aliphatic heterocycles. The van der Waals surface area contributed by atoms with E-state index in [0.717, 1.165) is 56.2 Å². The Morgan fingerprint density at radius 3 is 2.24 bits per heavy atom. The molecule has 1 saturated heterocycles. The van der Waals surface area contributed by atoms with E-state index < -0.39 is 35.5 Å². The maximum Gasteiger partial charge on any atom is 0.347 e. The first-order valence-corrected chi connectivity index (χ1v) is 18.5. The van der Waals surface area contributed by atoms with E-state index in [2.05, 4.69) is 48.2 Å². The number of carbonyl (C=O) groups excluding carboxylic acids is 2. The van der Waals surface area contributed by atoms with Crippen LogP contribution in [-0.2, 0) is 16.1 Å². The number of pyridine rings is 1. The molecule has 0 aliphatic carbocycles. The number of hydrogen-bond donors (Lipinski definition) is 1. The average molecular weight is 776 g/mol. The fraction of sp³-hybridized carbons (Fsp3) is 0.486. The first-order valence-electron chi connectivity index (χ1n) is 17.4. The van der Waals surface area contributed by atoms with Crippen LogP contribution >= 0.6 is 15.9 Å². The van der Waals surface area contributed by atoms with Gasteiger partial charge in [0, 0.05) is 54.3 Å². The Balaban J connectivity index is 0.000000230. The van der Waals surface area contributed by atoms with Crippen LogP contribution in [-0.4, -0.2) is 75.0 Å². The number of methoxy groups -OCH3 is 1. The maximum atomic E-state index is 13.8. The van der Waals surface area contributed by atoms with Crippen molar-refractivity contribution in [3.8, 4) is 0 Å². The molecule has 1 unspecified atom stereocenters. The van der Waals surface area contributed by atoms with Gasteiger partial charge in [0.15, 0.2) is 17.5 Å². The highest BCUT2D eigenvalue weighted by Gasteiger charge is 2.38. The number of hydrogen-bond acceptors (Lipinski definition) is 7. The Kier molecular flexibility index (Phi) is 15.7. The molecule has 51 heavy (non-hydrogen) atoms. The summed E-state index contributed by atoms with van der Waals surface area (Å²) in [6.07, 6.45) is 13.4. The summed E-state index contributed by atoms with van der Waals surface area (Å²) in [5, 5.41) is 3.38. The van der Waals surface area contributed by atoms with Crippen molar-refractivity contribution in [3.63, 3.8) is 0 Å². The van der Waals surface area contributed by atoms with E-state index in [1.807, 2.05) is 24.5 Å². The van der Waals surface area contributed by atoms with Crippen molar-refractivity contribution in [2.24, 2.45) is 0 Å². The predicted molar refractivity (Wildman–Crippen MR) is 192 cm³/mol. The standard InChI is InChI=1S/C19H26N4O.C18H20BrF3N2O3/c24-19-21-11-6-14-23(19)13-5-1-4-12-22-15-8-17(9-16-22)18-7-2-3-10-20-18;1-10-14(17(25)27-2)16(11-8-12(20)15(22)13(21)9-11)24(18(26)23-10)7-5-3-4-6-19/h2-3,6-7,10-11,14,17H,1,4-5,8-9,12-13,15-16H2;8-9,16H,3-7H2,1-2H3,(H,23,26). The molecule has 0 bridgehead atoms. The molecule has 2 amide bonds. The number of unbranched alkanes of at least 4 members (excludes halogenated alkanes) is 4. The van der Waals surface area contributed by atoms with Gasteiger partial charge in [-0.05, 0) is 101 Å². The van der Waals surface area contributed by atoms with Gasteiger partial charge in [-0.25, -0.2) is 32.5 Å². The lowest BCUT2D eigenvalue weighted by Crippen LogP contribution is -2.49. The van der Waals surface area contributed by atoms with E-state index in [1.165, 1.54) is 57.0 Å². The number of halogens is 4. The van der Waals surface area contributed by atoms with E-state index in [1.54, 1.807) is 10.8 Å². The van der Waals surface area contributed by atoms with Gasteiger partial charge >= 0.3 is 17.7 Å². The number of amides is 2. The number of aromatic nitrogens is 3. The minimum Gasteiger partial charge on any atom is -0.466 e. The third kappa shape index (κ3) is 11.2. The number of nitrogens with zero attached hydrogens (tertiary/aromatic N) is 5. The lowest BCUT2D eigenvalue weighted by Gasteiger charge is -2.37. The fourth-order valence-corrected chi connectivity index (χ4v) is 6.83. The molecule has 2 aliphatic rings. The van der Waals surface area contributed by atoms with Gasteiger partial charge in [0.2, 0.25) is 0 Å². The van der Waals surface area contributed by atoms with Gasteiger partial charge in [0.05, 0.1) is 18.7 Å². The highest BCUT2D eigenvalue weighted by molar-refractivity contribution is 9.09. The van der Waals surface area contributed by atoms with Crippen LogP contribution < -0.4 is 11.0 Å². The highest BCUT2D eigenvalue weighted by atomic mass is 79.9. The molecule has 0 saturated carbocycles. The van der Waals surface area contributed by atoms with Gasteiger partial charge in [-0.1, -0.05) is 34.8 Å². The maximum absolute atomic E-state index is 13.8. The number of aryl methyl sites for hydroxylation is 1. The SMILES string of the molecule is COC(=O)C1=C(C)NC(=O)N(CCCCCBr)C1c1cc(F)c(F)c(F)c1.O=c1ncccn1CCCCCN1CCC(c2ccccn2)CC1. The number of rotatable bonds is 14. The number of piperidine rings is 1. The Bertz CT molecular complexity index is 1660. The van der Waals surface area contributed by atoms with Crippen molar-refractivity contribution in [1.82, 2.24) is 29.7 Å². The van der Waals surface area contributed by atoms with Crippen LogP contribution in [0.25, 0.3) is 0 Å². The van der Waals surface area contributed by atoms with E-state index in [-0.39, 0.29) is 29.1 Å². The van der Waals surface area contributed by atoms with Crippen LogP contribution in [0.2, 0.25) is 0 Å². The van der Waals surface area contributed by atoms with Crippen LogP contribution in [0.1, 0.15) is 81.5 Å². The minimum atomic E-state index is -1.61. The van der Waals surface area contributed by atoms with E-state index in [4.69, 9.17) is 4.74 Å². The van der Waals surface area contributed by atoms with Gasteiger partial charge in [0.1, 0.15) is 0 Å². The van der Waals surface area contributed by atoms with E-state index in [9.17, 15) is 27.6 Å². The van der Waals surface area contributed by atoms with Gasteiger partial charge in [-0.3, -0.25) is 9.55 Å². The number of carbonyl (C=O) groups is 2. The minimum absolute atomic E-state index is 0.0403. The van der Waals surface area contributed by atoms with E-state index in [0.29, 0.717) is 12.3 Å². The molecule has 276 valence electrons. The summed E-state index contributed by atoms with van der Waals surface area (Å²) >= 11 is 3.32. The Morgan fingerprint density at radius 2 is 1.59 bits per heavy atom. The number of allylic oxidation sites excluding steroid dienone is 1. The summed E-state index contributed by atoms with van der Waals surface area (Å²) in [6.45, 7) is 6.02. The molecule has 0 spiro atoms. The molecule has 10 nitrogen and oxygen atoms in total. The second-order valence-corrected chi connectivity index (χ2v) is 13.4. The molecule has 4 heterocycles. The van der Waals surface area contributed by atoms with Crippen molar-refractivity contribution in [2.45, 2.75) is 76.8 Å². The van der Waals surface area contributed by atoms with Crippen LogP contribution in [0.3, 0.4) is 0 Å². The topological polar surface area (TPSA) is 110 Å². The van der Waals surface area contributed by atoms with Crippen molar-refractivity contribution in [2.75, 3.05) is 38.6 Å². The Morgan fingerprint density at radius 1 is 0.922 bits per heavy atom. The largest absolute Gasteiger partial charge is 0.466 e. The number of alkyl halides is 1. The summed E-state index contributed by atoms with van der Waals surface area (Å²) in [7, 11) is 1.17. The monoisotopic (exact) mass is 774 g/mol. The van der Waals surface area contributed by atoms with Crippen LogP contribution in [0.15, 0.2) is 71.1 Å². The van der Waals surface area contributed by atoms with Crippen LogP contribution in [0.5, 0.6) is 0 Å². The van der Waals surface area contributed by atoms with Crippen molar-refractivity contribution < 1.29 is 27.5 Å². The van der Waals surface area contributed by atoms with Gasteiger partial charge in [-0.15, -0.1) is 0 Å². The predicted octanol–water partition coefficient (Wildman–Crippen LogP) is 6.87. The summed E-state index contributed by atoms with van der Waals surface area (Å²) in [5.74, 6) is -4.51. The summed E-state index contributed by atoms with van der Waals surface area (Å²) in [4.78, 5) is 48.5. The quantitative estimate of drug-likeness (QED) is 0.0825. The lowest BCUT2D eigenvalue weighted by molar-refractivity contribution is -0.137. The second-order valence-electron chi connectivity index (χ2n) is 12.6. The fourth-order valence-electron chi connectivity index (χ4n) is 6.44. The molecule has 1 atom stereocenters. The van der Waals surface area contributed by atoms with Crippen LogP contribution in [0, 0.1) is 17.5 Å². The first-order chi connectivity index (χ1) is 24.6. The molecule has 1 fully saturated rings. The third-order valence-electron chi connectivity index (χ3n) is 9.15. The lowest BCUT2D eigenvalue weighted by atomic mass is 9.93. The number of urea groups is 1. The summed E-state index contributed by atoms with van der Waals surface area (Å²) in [6, 6.07) is 8.04. The van der Waals surface area contributed by atoms with E-state index >= 15 is 0 Å². The van der Waals surface area contributed by atoms with Gasteiger partial charge in [-0.2, -0.15) is 0 Å². The smallest absolute Gasteiger partial charge is 0.347 e. The normalized spacial score (nSPS) is 16.8. The second kappa shape index (κ2) is 20.1. The molecule has 14 heteroatoms. The molecule has 3 aromatic rings. The van der Waals surface area contributed by atoms with Crippen molar-refractivity contribution in [1.29, 1.82) is 0 Å². The first kappa shape index (κ1) is 39.7. The number of likely N-dealkylation sites (tertiary alicyclic amines) is 1. The summed E-state index contributed by atoms with van der Waals surface area (Å²) < 4.78 is 47.5. The molecule has 1 N–H and O–H groups in total. The average Bonchev–Trinajstić information content (AvgIpc) is 3.14.